The van der Waals surface area contributed by atoms with Crippen LogP contribution in [0.4, 0.5) is 0 Å². The van der Waals surface area contributed by atoms with Crippen molar-refractivity contribution < 1.29 is 0 Å². The largest absolute Gasteiger partial charge is 0.357 e. The van der Waals surface area contributed by atoms with Gasteiger partial charge in [-0.05, 0) is 30.9 Å². The van der Waals surface area contributed by atoms with Crippen LogP contribution in [-0.2, 0) is 6.42 Å². The lowest BCUT2D eigenvalue weighted by Crippen LogP contribution is -2.39. The molecule has 3 nitrogen and oxygen atoms in total. The lowest BCUT2D eigenvalue weighted by Gasteiger charge is -2.11. The summed E-state index contributed by atoms with van der Waals surface area (Å²) < 4.78 is 0. The average Bonchev–Trinajstić information content (AvgIpc) is 3.36. The third-order valence-corrected chi connectivity index (χ3v) is 4.20. The van der Waals surface area contributed by atoms with Crippen molar-refractivity contribution in [2.75, 3.05) is 13.1 Å². The monoisotopic (exact) mass is 435 g/mol. The summed E-state index contributed by atoms with van der Waals surface area (Å²) in [6.45, 7) is 3.80. The van der Waals surface area contributed by atoms with E-state index in [0.29, 0.717) is 12.0 Å². The Morgan fingerprint density at radius 2 is 1.71 bits per heavy atom. The van der Waals surface area contributed by atoms with Gasteiger partial charge in [-0.15, -0.1) is 24.0 Å². The summed E-state index contributed by atoms with van der Waals surface area (Å²) in [5.41, 5.74) is 2.76. The van der Waals surface area contributed by atoms with E-state index < -0.39 is 0 Å². The summed E-state index contributed by atoms with van der Waals surface area (Å²) in [5, 5.41) is 6.92. The van der Waals surface area contributed by atoms with Crippen molar-refractivity contribution >= 4 is 29.9 Å². The molecule has 1 aliphatic rings. The van der Waals surface area contributed by atoms with Gasteiger partial charge in [-0.1, -0.05) is 60.7 Å². The van der Waals surface area contributed by atoms with Crippen LogP contribution in [0.2, 0.25) is 0 Å². The van der Waals surface area contributed by atoms with Crippen molar-refractivity contribution in [3.05, 3.63) is 71.8 Å². The fraction of sp³-hybridized carbons (Fsp3) is 0.350. The van der Waals surface area contributed by atoms with Crippen LogP contribution in [0.5, 0.6) is 0 Å². The molecule has 2 unspecified atom stereocenters. The van der Waals surface area contributed by atoms with E-state index in [1.165, 1.54) is 17.5 Å². The number of hydrogen-bond acceptors (Lipinski definition) is 1. The molecule has 1 aliphatic carbocycles. The van der Waals surface area contributed by atoms with Crippen LogP contribution in [0, 0.1) is 0 Å². The van der Waals surface area contributed by atoms with E-state index in [1.807, 2.05) is 0 Å². The summed E-state index contributed by atoms with van der Waals surface area (Å²) in [5.74, 6) is 1.56. The van der Waals surface area contributed by atoms with E-state index in [0.717, 1.165) is 25.5 Å². The Hall–Kier alpha value is -1.56. The van der Waals surface area contributed by atoms with Gasteiger partial charge >= 0.3 is 0 Å². The zero-order valence-corrected chi connectivity index (χ0v) is 16.4. The topological polar surface area (TPSA) is 36.4 Å². The predicted octanol–water partition coefficient (Wildman–Crippen LogP) is 3.96. The summed E-state index contributed by atoms with van der Waals surface area (Å²) in [6, 6.07) is 21.8. The van der Waals surface area contributed by atoms with Gasteiger partial charge in [-0.25, -0.2) is 0 Å². The van der Waals surface area contributed by atoms with Crippen molar-refractivity contribution in [1.82, 2.24) is 10.6 Å². The normalized spacial score (nSPS) is 19.3. The number of guanidine groups is 1. The van der Waals surface area contributed by atoms with Gasteiger partial charge in [0.25, 0.3) is 0 Å². The Labute approximate surface area is 162 Å². The van der Waals surface area contributed by atoms with E-state index in [-0.39, 0.29) is 24.0 Å². The molecule has 128 valence electrons. The molecule has 3 rings (SSSR count). The first-order valence-corrected chi connectivity index (χ1v) is 8.50. The van der Waals surface area contributed by atoms with Crippen LogP contribution >= 0.6 is 24.0 Å². The van der Waals surface area contributed by atoms with Crippen molar-refractivity contribution in [3.63, 3.8) is 0 Å². The molecule has 2 N–H and O–H groups in total. The van der Waals surface area contributed by atoms with Crippen molar-refractivity contribution in [1.29, 1.82) is 0 Å². The molecule has 2 aromatic carbocycles. The van der Waals surface area contributed by atoms with Gasteiger partial charge in [0.1, 0.15) is 0 Å². The van der Waals surface area contributed by atoms with Gasteiger partial charge in [0.05, 0.1) is 0 Å². The van der Waals surface area contributed by atoms with E-state index in [9.17, 15) is 0 Å². The van der Waals surface area contributed by atoms with Gasteiger partial charge in [-0.2, -0.15) is 0 Å². The van der Waals surface area contributed by atoms with Crippen LogP contribution in [0.3, 0.4) is 0 Å². The number of nitrogens with one attached hydrogen (secondary N) is 2. The van der Waals surface area contributed by atoms with Gasteiger partial charge in [-0.3, -0.25) is 4.99 Å². The Bertz CT molecular complexity index is 628. The summed E-state index contributed by atoms with van der Waals surface area (Å²) in [4.78, 5) is 4.71. The lowest BCUT2D eigenvalue weighted by molar-refractivity contribution is 0.792. The van der Waals surface area contributed by atoms with Gasteiger partial charge in [0, 0.05) is 25.0 Å². The molecular formula is C20H26IN3. The second-order valence-corrected chi connectivity index (χ2v) is 6.00. The standard InChI is InChI=1S/C20H25N3.HI/c1-2-21-20(22-14-13-16-9-5-3-6-10-16)23-19-15-18(19)17-11-7-4-8-12-17;/h3-12,18-19H,2,13-15H2,1H3,(H2,21,22,23);1H. The minimum Gasteiger partial charge on any atom is -0.357 e. The van der Waals surface area contributed by atoms with Crippen LogP contribution in [0.25, 0.3) is 0 Å². The maximum absolute atomic E-state index is 4.71. The van der Waals surface area contributed by atoms with Crippen LogP contribution < -0.4 is 10.6 Å². The van der Waals surface area contributed by atoms with Gasteiger partial charge < -0.3 is 10.6 Å². The SMILES string of the molecule is CCNC(=NCCc1ccccc1)NC1CC1c1ccccc1.I. The second-order valence-electron chi connectivity index (χ2n) is 6.00. The minimum absolute atomic E-state index is 0. The number of halogens is 1. The highest BCUT2D eigenvalue weighted by Gasteiger charge is 2.38. The molecule has 0 aliphatic heterocycles. The first kappa shape index (κ1) is 18.8. The minimum atomic E-state index is 0. The molecule has 0 saturated heterocycles. The molecule has 0 aromatic heterocycles. The number of aliphatic imine (C=N–C) groups is 1. The lowest BCUT2D eigenvalue weighted by atomic mass is 10.1. The molecule has 0 radical (unpaired) electrons. The molecule has 0 bridgehead atoms. The Morgan fingerprint density at radius 3 is 2.38 bits per heavy atom. The Kier molecular flexibility index (Phi) is 7.56. The third kappa shape index (κ3) is 5.51. The molecule has 2 atom stereocenters. The van der Waals surface area contributed by atoms with Crippen molar-refractivity contribution in [3.8, 4) is 0 Å². The van der Waals surface area contributed by atoms with Crippen LogP contribution in [0.1, 0.15) is 30.4 Å². The zero-order chi connectivity index (χ0) is 15.9. The summed E-state index contributed by atoms with van der Waals surface area (Å²) in [7, 11) is 0. The molecular weight excluding hydrogens is 409 g/mol. The predicted molar refractivity (Wildman–Crippen MR) is 112 cm³/mol. The molecule has 0 heterocycles. The number of benzene rings is 2. The fourth-order valence-electron chi connectivity index (χ4n) is 2.86. The Balaban J connectivity index is 0.00000208. The number of rotatable bonds is 6. The van der Waals surface area contributed by atoms with Crippen LogP contribution in [0.15, 0.2) is 65.7 Å². The van der Waals surface area contributed by atoms with Crippen molar-refractivity contribution in [2.45, 2.75) is 31.7 Å². The van der Waals surface area contributed by atoms with Gasteiger partial charge in [0.15, 0.2) is 5.96 Å². The fourth-order valence-corrected chi connectivity index (χ4v) is 2.86. The molecule has 1 fully saturated rings. The molecule has 24 heavy (non-hydrogen) atoms. The van der Waals surface area contributed by atoms with E-state index in [4.69, 9.17) is 4.99 Å². The molecule has 4 heteroatoms. The van der Waals surface area contributed by atoms with Crippen LogP contribution in [-0.4, -0.2) is 25.1 Å². The second kappa shape index (κ2) is 9.67. The van der Waals surface area contributed by atoms with Gasteiger partial charge in [0.2, 0.25) is 0 Å². The quantitative estimate of drug-likeness (QED) is 0.410. The highest BCUT2D eigenvalue weighted by molar-refractivity contribution is 14.0. The summed E-state index contributed by atoms with van der Waals surface area (Å²) >= 11 is 0. The number of hydrogen-bond donors (Lipinski definition) is 2. The highest BCUT2D eigenvalue weighted by Crippen LogP contribution is 2.40. The van der Waals surface area contributed by atoms with E-state index in [1.54, 1.807) is 0 Å². The highest BCUT2D eigenvalue weighted by atomic mass is 127. The zero-order valence-electron chi connectivity index (χ0n) is 14.1. The first-order valence-electron chi connectivity index (χ1n) is 8.50. The van der Waals surface area contributed by atoms with E-state index in [2.05, 4.69) is 78.2 Å². The molecule has 0 amide bonds. The van der Waals surface area contributed by atoms with E-state index >= 15 is 0 Å². The Morgan fingerprint density at radius 1 is 1.04 bits per heavy atom. The first-order chi connectivity index (χ1) is 11.4. The maximum atomic E-state index is 4.71. The molecule has 0 spiro atoms. The third-order valence-electron chi connectivity index (χ3n) is 4.20. The smallest absolute Gasteiger partial charge is 0.191 e. The molecule has 2 aromatic rings. The number of nitrogens with zero attached hydrogens (tertiary/aromatic N) is 1. The van der Waals surface area contributed by atoms with Crippen molar-refractivity contribution in [2.24, 2.45) is 4.99 Å². The molecule has 1 saturated carbocycles. The average molecular weight is 435 g/mol. The summed E-state index contributed by atoms with van der Waals surface area (Å²) in [6.07, 6.45) is 2.16. The maximum Gasteiger partial charge on any atom is 0.191 e.